The number of azide groups is 1. The molecule has 0 fully saturated rings. The molecule has 15 heteroatoms. The maximum Gasteiger partial charge on any atom is 0.407 e. The maximum absolute atomic E-state index is 12.2. The molecule has 1 heterocycles. The highest BCUT2D eigenvalue weighted by atomic mass is 16.6. The Morgan fingerprint density at radius 3 is 2.59 bits per heavy atom. The number of carbonyl (C=O) groups excluding carboxylic acids is 2. The van der Waals surface area contributed by atoms with Crippen molar-refractivity contribution >= 4 is 23.8 Å². The van der Waals surface area contributed by atoms with Crippen LogP contribution in [0.4, 0.5) is 21.2 Å². The number of unbranched alkanes of at least 4 members (excludes halogenated alkanes) is 3. The fourth-order valence-electron chi connectivity index (χ4n) is 3.05. The summed E-state index contributed by atoms with van der Waals surface area (Å²) in [5.41, 5.74) is 9.03. The minimum Gasteiger partial charge on any atom is -0.472 e. The number of anilines is 1. The van der Waals surface area contributed by atoms with E-state index in [1.807, 2.05) is 0 Å². The van der Waals surface area contributed by atoms with Gasteiger partial charge in [-0.2, -0.15) is 4.98 Å². The quantitative estimate of drug-likeness (QED) is 0.0787. The summed E-state index contributed by atoms with van der Waals surface area (Å²) in [5.74, 6) is 0.224. The van der Waals surface area contributed by atoms with Crippen molar-refractivity contribution in [1.29, 1.82) is 0 Å². The summed E-state index contributed by atoms with van der Waals surface area (Å²) < 4.78 is 10.4. The molecular weight excluding hydrogens is 486 g/mol. The number of hydrogen-bond donors (Lipinski definition) is 3. The summed E-state index contributed by atoms with van der Waals surface area (Å²) >= 11 is 0. The summed E-state index contributed by atoms with van der Waals surface area (Å²) in [5, 5.41) is 22.3. The molecule has 0 aliphatic heterocycles. The molecule has 0 radical (unpaired) electrons. The zero-order valence-electron chi connectivity index (χ0n) is 20.4. The van der Waals surface area contributed by atoms with E-state index in [4.69, 9.17) is 15.0 Å². The first-order chi connectivity index (χ1) is 17.9. The third-order valence-electron chi connectivity index (χ3n) is 4.77. The molecule has 0 aliphatic rings. The number of nitro groups is 1. The van der Waals surface area contributed by atoms with Crippen molar-refractivity contribution in [3.05, 3.63) is 62.1 Å². The van der Waals surface area contributed by atoms with Gasteiger partial charge in [-0.25, -0.2) is 14.6 Å². The number of ether oxygens (including phenoxy) is 2. The second-order valence-electron chi connectivity index (χ2n) is 7.66. The number of rotatable bonds is 15. The van der Waals surface area contributed by atoms with Gasteiger partial charge in [0.05, 0.1) is 23.6 Å². The molecule has 0 spiro atoms. The van der Waals surface area contributed by atoms with E-state index in [0.29, 0.717) is 24.3 Å². The molecule has 2 aromatic rings. The second-order valence-corrected chi connectivity index (χ2v) is 7.66. The predicted molar refractivity (Wildman–Crippen MR) is 133 cm³/mol. The third kappa shape index (κ3) is 11.6. The highest BCUT2D eigenvalue weighted by Crippen LogP contribution is 2.20. The Balaban J connectivity index is 1.64. The first-order valence-corrected chi connectivity index (χ1v) is 11.6. The zero-order valence-corrected chi connectivity index (χ0v) is 20.4. The molecule has 3 amide bonds. The molecule has 0 atom stereocenters. The number of alkyl carbamates (subject to hydrolysis) is 1. The number of nitrogens with one attached hydrogen (secondary N) is 3. The maximum atomic E-state index is 12.2. The molecule has 1 aromatic heterocycles. The van der Waals surface area contributed by atoms with Gasteiger partial charge in [-0.1, -0.05) is 30.1 Å². The lowest BCUT2D eigenvalue weighted by Crippen LogP contribution is -2.30. The number of nitro benzene ring substituents is 1. The summed E-state index contributed by atoms with van der Waals surface area (Å²) in [4.78, 5) is 45.1. The molecule has 2 rings (SSSR count). The Bertz CT molecular complexity index is 1110. The number of carbonyl (C=O) groups is 2. The van der Waals surface area contributed by atoms with E-state index in [2.05, 4.69) is 35.9 Å². The fraction of sp³-hybridized carbons (Fsp3) is 0.455. The second kappa shape index (κ2) is 16.1. The molecule has 198 valence electrons. The SMILES string of the molecule is Cc1cc(OCc2ccccc2[N+](=O)[O-])nc(NC(=O)NCCCCCCNC(=O)OCCN=[N+]=[N-])n1. The van der Waals surface area contributed by atoms with Gasteiger partial charge in [-0.3, -0.25) is 15.4 Å². The standard InChI is InChI=1S/C22H29N9O6/c1-16-14-19(37-15-17-8-4-5-9-18(17)31(34)35)28-20(27-16)29-21(32)24-10-6-2-3-7-11-25-22(33)36-13-12-26-30-23/h4-5,8-9,14H,2-3,6-7,10-13,15H2,1H3,(H,25,33)(H2,24,27,28,29,32). The molecule has 0 unspecified atom stereocenters. The van der Waals surface area contributed by atoms with Crippen molar-refractivity contribution in [1.82, 2.24) is 20.6 Å². The molecule has 37 heavy (non-hydrogen) atoms. The summed E-state index contributed by atoms with van der Waals surface area (Å²) in [6.07, 6.45) is 2.63. The summed E-state index contributed by atoms with van der Waals surface area (Å²) in [6.45, 7) is 2.67. The fourth-order valence-corrected chi connectivity index (χ4v) is 3.05. The van der Waals surface area contributed by atoms with Crippen molar-refractivity contribution in [2.75, 3.05) is 31.6 Å². The largest absolute Gasteiger partial charge is 0.472 e. The van der Waals surface area contributed by atoms with Crippen LogP contribution in [0.25, 0.3) is 10.4 Å². The van der Waals surface area contributed by atoms with Crippen LogP contribution in [-0.4, -0.2) is 53.3 Å². The Hall–Kier alpha value is -4.65. The Morgan fingerprint density at radius 1 is 1.14 bits per heavy atom. The highest BCUT2D eigenvalue weighted by Gasteiger charge is 2.14. The van der Waals surface area contributed by atoms with E-state index in [-0.39, 0.29) is 37.3 Å². The van der Waals surface area contributed by atoms with Gasteiger partial charge in [0.1, 0.15) is 6.61 Å². The van der Waals surface area contributed by atoms with Gasteiger partial charge >= 0.3 is 12.1 Å². The average Bonchev–Trinajstić information content (AvgIpc) is 2.86. The molecule has 0 bridgehead atoms. The lowest BCUT2D eigenvalue weighted by Gasteiger charge is -2.10. The number of para-hydroxylation sites is 1. The average molecular weight is 516 g/mol. The van der Waals surface area contributed by atoms with Crippen LogP contribution >= 0.6 is 0 Å². The van der Waals surface area contributed by atoms with Crippen LogP contribution in [0, 0.1) is 17.0 Å². The molecule has 3 N–H and O–H groups in total. The van der Waals surface area contributed by atoms with E-state index < -0.39 is 17.0 Å². The first kappa shape index (κ1) is 28.6. The summed E-state index contributed by atoms with van der Waals surface area (Å²) in [7, 11) is 0. The predicted octanol–water partition coefficient (Wildman–Crippen LogP) is 3.99. The van der Waals surface area contributed by atoms with Gasteiger partial charge in [0.25, 0.3) is 5.69 Å². The van der Waals surface area contributed by atoms with Crippen LogP contribution in [0.15, 0.2) is 35.4 Å². The number of aryl methyl sites for hydroxylation is 1. The number of urea groups is 1. The highest BCUT2D eigenvalue weighted by molar-refractivity contribution is 5.87. The Morgan fingerprint density at radius 2 is 1.86 bits per heavy atom. The molecule has 1 aromatic carbocycles. The van der Waals surface area contributed by atoms with Gasteiger partial charge < -0.3 is 20.1 Å². The van der Waals surface area contributed by atoms with Crippen LogP contribution in [-0.2, 0) is 11.3 Å². The van der Waals surface area contributed by atoms with Crippen molar-refractivity contribution in [3.63, 3.8) is 0 Å². The minimum atomic E-state index is -0.556. The normalized spacial score (nSPS) is 10.1. The molecule has 0 saturated heterocycles. The monoisotopic (exact) mass is 515 g/mol. The number of hydrogen-bond acceptors (Lipinski definition) is 9. The summed E-state index contributed by atoms with van der Waals surface area (Å²) in [6, 6.07) is 7.34. The molecule has 0 aliphatic carbocycles. The van der Waals surface area contributed by atoms with Crippen molar-refractivity contribution in [2.45, 2.75) is 39.2 Å². The number of aromatic nitrogens is 2. The van der Waals surface area contributed by atoms with Gasteiger partial charge in [0.15, 0.2) is 0 Å². The van der Waals surface area contributed by atoms with Crippen LogP contribution in [0.2, 0.25) is 0 Å². The van der Waals surface area contributed by atoms with Crippen LogP contribution in [0.5, 0.6) is 5.88 Å². The topological polar surface area (TPSA) is 206 Å². The lowest BCUT2D eigenvalue weighted by molar-refractivity contribution is -0.385. The molecule has 15 nitrogen and oxygen atoms in total. The first-order valence-electron chi connectivity index (χ1n) is 11.6. The Labute approximate surface area is 212 Å². The van der Waals surface area contributed by atoms with Crippen LogP contribution in [0.1, 0.15) is 36.9 Å². The van der Waals surface area contributed by atoms with E-state index in [1.54, 1.807) is 31.2 Å². The Kier molecular flexibility index (Phi) is 12.4. The van der Waals surface area contributed by atoms with Gasteiger partial charge in [-0.05, 0) is 31.4 Å². The zero-order chi connectivity index (χ0) is 26.9. The lowest BCUT2D eigenvalue weighted by atomic mass is 10.2. The number of benzene rings is 1. The molecule has 0 saturated carbocycles. The number of amides is 3. The van der Waals surface area contributed by atoms with Crippen LogP contribution in [0.3, 0.4) is 0 Å². The van der Waals surface area contributed by atoms with E-state index >= 15 is 0 Å². The smallest absolute Gasteiger partial charge is 0.407 e. The van der Waals surface area contributed by atoms with Crippen molar-refractivity contribution in [3.8, 4) is 5.88 Å². The van der Waals surface area contributed by atoms with E-state index in [9.17, 15) is 19.7 Å². The van der Waals surface area contributed by atoms with Gasteiger partial charge in [-0.15, -0.1) is 0 Å². The number of nitrogens with zero attached hydrogens (tertiary/aromatic N) is 6. The van der Waals surface area contributed by atoms with Crippen molar-refractivity contribution in [2.24, 2.45) is 5.11 Å². The van der Waals surface area contributed by atoms with Gasteiger partial charge in [0, 0.05) is 35.8 Å². The van der Waals surface area contributed by atoms with E-state index in [0.717, 1.165) is 25.7 Å². The van der Waals surface area contributed by atoms with Crippen LogP contribution < -0.4 is 20.7 Å². The third-order valence-corrected chi connectivity index (χ3v) is 4.77. The van der Waals surface area contributed by atoms with E-state index in [1.165, 1.54) is 6.07 Å². The minimum absolute atomic E-state index is 0.0318. The van der Waals surface area contributed by atoms with Gasteiger partial charge in [0.2, 0.25) is 11.8 Å². The van der Waals surface area contributed by atoms with Crippen molar-refractivity contribution < 1.29 is 24.0 Å². The molecular formula is C22H29N9O6.